The monoisotopic (exact) mass is 622 g/mol. The highest BCUT2D eigenvalue weighted by atomic mass is 127. The summed E-state index contributed by atoms with van der Waals surface area (Å²) in [5.74, 6) is -3.85. The number of ether oxygens (including phenoxy) is 1. The summed E-state index contributed by atoms with van der Waals surface area (Å²) in [7, 11) is 0. The van der Waals surface area contributed by atoms with Crippen molar-refractivity contribution in [2.75, 3.05) is 0 Å². The van der Waals surface area contributed by atoms with Crippen LogP contribution < -0.4 is 5.73 Å². The minimum atomic E-state index is -2.89. The Labute approximate surface area is 219 Å². The molecule has 2 aromatic rings. The molecule has 4 aliphatic carbocycles. The third-order valence-electron chi connectivity index (χ3n) is 8.56. The molecule has 4 aliphatic rings. The first-order valence-corrected chi connectivity index (χ1v) is 13.0. The Morgan fingerprint density at radius 3 is 2.28 bits per heavy atom. The Hall–Kier alpha value is -1.99. The van der Waals surface area contributed by atoms with Crippen LogP contribution in [0, 0.1) is 20.7 Å². The molecule has 12 heteroatoms. The van der Waals surface area contributed by atoms with Gasteiger partial charge in [0.1, 0.15) is 0 Å². The van der Waals surface area contributed by atoms with Crippen LogP contribution in [0.2, 0.25) is 0 Å². The Balaban J connectivity index is 1.56. The molecular weight excluding hydrogens is 595 g/mol. The molecule has 1 amide bonds. The molecule has 0 spiro atoms. The van der Waals surface area contributed by atoms with E-state index in [1.807, 2.05) is 22.6 Å². The number of amides is 1. The van der Waals surface area contributed by atoms with Crippen molar-refractivity contribution in [1.29, 1.82) is 0 Å². The van der Waals surface area contributed by atoms with E-state index >= 15 is 0 Å². The van der Waals surface area contributed by atoms with Gasteiger partial charge in [-0.25, -0.2) is 22.4 Å². The number of rotatable bonds is 6. The zero-order chi connectivity index (χ0) is 26.1. The van der Waals surface area contributed by atoms with Crippen molar-refractivity contribution in [2.45, 2.75) is 87.8 Å². The largest absolute Gasteiger partial charge is 0.436 e. The van der Waals surface area contributed by atoms with Crippen molar-refractivity contribution in [3.63, 3.8) is 0 Å². The summed E-state index contributed by atoms with van der Waals surface area (Å²) in [6, 6.07) is 1.47. The molecule has 0 saturated heterocycles. The maximum Gasteiger partial charge on any atom is 0.405 e. The molecule has 0 radical (unpaired) electrons. The highest BCUT2D eigenvalue weighted by Crippen LogP contribution is 2.69. The second-order valence-electron chi connectivity index (χ2n) is 11.1. The summed E-state index contributed by atoms with van der Waals surface area (Å²) in [5.41, 5.74) is 1.26. The van der Waals surface area contributed by atoms with Gasteiger partial charge < -0.3 is 15.0 Å². The maximum atomic E-state index is 14.4. The summed E-state index contributed by atoms with van der Waals surface area (Å²) >= 11 is 1.81. The van der Waals surface area contributed by atoms with E-state index < -0.39 is 58.7 Å². The number of carbonyl (C=O) groups is 1. The van der Waals surface area contributed by atoms with Gasteiger partial charge in [-0.05, 0) is 81.0 Å². The third-order valence-corrected chi connectivity index (χ3v) is 9.39. The van der Waals surface area contributed by atoms with Crippen LogP contribution in [0.1, 0.15) is 82.6 Å². The topological polar surface area (TPSA) is 104 Å². The van der Waals surface area contributed by atoms with Gasteiger partial charge >= 0.3 is 6.09 Å². The van der Waals surface area contributed by atoms with Crippen LogP contribution in [-0.2, 0) is 21.4 Å². The number of aromatic nitrogens is 3. The Bertz CT molecular complexity index is 1170. The summed E-state index contributed by atoms with van der Waals surface area (Å²) < 4.78 is 68.2. The van der Waals surface area contributed by atoms with E-state index in [1.165, 1.54) is 19.9 Å². The smallest absolute Gasteiger partial charge is 0.405 e. The number of hydrogen-bond donors (Lipinski definition) is 1. The predicted octanol–water partition coefficient (Wildman–Crippen LogP) is 6.04. The van der Waals surface area contributed by atoms with Gasteiger partial charge in [0.05, 0.1) is 15.5 Å². The van der Waals surface area contributed by atoms with Crippen LogP contribution in [0.25, 0.3) is 0 Å². The van der Waals surface area contributed by atoms with Crippen LogP contribution in [0.4, 0.5) is 22.4 Å². The van der Waals surface area contributed by atoms with Gasteiger partial charge in [-0.2, -0.15) is 4.98 Å². The molecule has 2 N–H and O–H groups in total. The fourth-order valence-electron chi connectivity index (χ4n) is 6.64. The Morgan fingerprint density at radius 2 is 1.81 bits per heavy atom. The normalized spacial score (nSPS) is 29.4. The van der Waals surface area contributed by atoms with Crippen molar-refractivity contribution < 1.29 is 31.6 Å². The molecule has 0 aliphatic heterocycles. The van der Waals surface area contributed by atoms with Gasteiger partial charge in [-0.3, -0.25) is 4.98 Å². The molecule has 1 unspecified atom stereocenters. The molecule has 2 bridgehead atoms. The summed E-state index contributed by atoms with van der Waals surface area (Å²) in [6.07, 6.45) is 2.11. The molecule has 2 heterocycles. The zero-order valence-corrected chi connectivity index (χ0v) is 22.1. The van der Waals surface area contributed by atoms with Crippen LogP contribution in [0.5, 0.6) is 0 Å². The molecule has 6 rings (SSSR count). The quantitative estimate of drug-likeness (QED) is 0.311. The van der Waals surface area contributed by atoms with E-state index in [9.17, 15) is 22.4 Å². The third kappa shape index (κ3) is 3.89. The first-order chi connectivity index (χ1) is 16.7. The number of hydrogen-bond acceptors (Lipinski definition) is 6. The first kappa shape index (κ1) is 25.7. The molecule has 36 heavy (non-hydrogen) atoms. The minimum absolute atomic E-state index is 0.0949. The standard InChI is InChI=1S/C24H27F4IN4O3/c1-20(2,26)18-32-17(33-36-18)21-3-6-22(7-4-21,8-5-21)24(35-19(30)34,13-10-23(27,28)11-13)16-9-15(29)14(25)12-31-16/h9,12-13H,3-8,10-11H2,1-2H3,(H2,30,34). The van der Waals surface area contributed by atoms with E-state index in [0.717, 1.165) is 6.20 Å². The van der Waals surface area contributed by atoms with Crippen molar-refractivity contribution in [2.24, 2.45) is 17.1 Å². The minimum Gasteiger partial charge on any atom is -0.436 e. The van der Waals surface area contributed by atoms with E-state index in [0.29, 0.717) is 44.3 Å². The number of pyridine rings is 1. The van der Waals surface area contributed by atoms with Crippen LogP contribution in [0.15, 0.2) is 16.8 Å². The van der Waals surface area contributed by atoms with E-state index in [4.69, 9.17) is 15.0 Å². The molecular formula is C24H27F4IN4O3. The van der Waals surface area contributed by atoms with Crippen molar-refractivity contribution in [3.05, 3.63) is 39.1 Å². The highest BCUT2D eigenvalue weighted by Gasteiger charge is 2.70. The molecule has 1 atom stereocenters. The zero-order valence-electron chi connectivity index (χ0n) is 19.9. The van der Waals surface area contributed by atoms with Crippen molar-refractivity contribution in [1.82, 2.24) is 15.1 Å². The number of fused-ring (bicyclic) bond motifs is 3. The molecule has 196 valence electrons. The van der Waals surface area contributed by atoms with E-state index in [-0.39, 0.29) is 15.2 Å². The molecule has 2 aromatic heterocycles. The van der Waals surface area contributed by atoms with Gasteiger partial charge in [0.2, 0.25) is 5.92 Å². The lowest BCUT2D eigenvalue weighted by atomic mass is 9.44. The van der Waals surface area contributed by atoms with Gasteiger partial charge in [0, 0.05) is 29.6 Å². The highest BCUT2D eigenvalue weighted by molar-refractivity contribution is 14.1. The molecule has 4 saturated carbocycles. The average Bonchev–Trinajstić information content (AvgIpc) is 3.31. The lowest BCUT2D eigenvalue weighted by Gasteiger charge is -2.62. The van der Waals surface area contributed by atoms with Gasteiger partial charge in [-0.15, -0.1) is 0 Å². The fourth-order valence-corrected chi connectivity index (χ4v) is 7.08. The SMILES string of the molecule is CC(C)(F)c1nc(C23CCC(C(OC(N)=O)(c4cc(I)c(F)cn4)C4CC(F)(F)C4)(CC2)CC3)no1. The number of halogens is 5. The predicted molar refractivity (Wildman–Crippen MR) is 127 cm³/mol. The fraction of sp³-hybridized carbons (Fsp3) is 0.667. The summed E-state index contributed by atoms with van der Waals surface area (Å²) in [6.45, 7) is 2.69. The lowest BCUT2D eigenvalue weighted by Crippen LogP contribution is -2.64. The summed E-state index contributed by atoms with van der Waals surface area (Å²) in [5, 5.41) is 4.08. The first-order valence-electron chi connectivity index (χ1n) is 11.9. The number of nitrogens with two attached hydrogens (primary N) is 1. The number of carbonyl (C=O) groups excluding carboxylic acids is 1. The molecule has 0 aromatic carbocycles. The van der Waals surface area contributed by atoms with Crippen molar-refractivity contribution in [3.8, 4) is 0 Å². The van der Waals surface area contributed by atoms with Gasteiger partial charge in [0.15, 0.2) is 22.9 Å². The molecule has 4 fully saturated rings. The number of nitrogens with zero attached hydrogens (tertiary/aromatic N) is 3. The second-order valence-corrected chi connectivity index (χ2v) is 12.2. The lowest BCUT2D eigenvalue weighted by molar-refractivity contribution is -0.244. The number of alkyl halides is 3. The van der Waals surface area contributed by atoms with E-state index in [2.05, 4.69) is 15.1 Å². The Morgan fingerprint density at radius 1 is 1.19 bits per heavy atom. The molecule has 7 nitrogen and oxygen atoms in total. The average molecular weight is 622 g/mol. The van der Waals surface area contributed by atoms with E-state index in [1.54, 1.807) is 0 Å². The van der Waals surface area contributed by atoms with Crippen LogP contribution >= 0.6 is 22.6 Å². The van der Waals surface area contributed by atoms with Gasteiger partial charge in [-0.1, -0.05) is 5.16 Å². The number of primary amides is 1. The van der Waals surface area contributed by atoms with Gasteiger partial charge in [0.25, 0.3) is 5.89 Å². The van der Waals surface area contributed by atoms with Crippen LogP contribution in [0.3, 0.4) is 0 Å². The second kappa shape index (κ2) is 8.26. The van der Waals surface area contributed by atoms with Crippen molar-refractivity contribution >= 4 is 28.7 Å². The summed E-state index contributed by atoms with van der Waals surface area (Å²) in [4.78, 5) is 20.9. The van der Waals surface area contributed by atoms with Crippen LogP contribution in [-0.4, -0.2) is 27.1 Å². The maximum absolute atomic E-state index is 14.4. The Kier molecular flexibility index (Phi) is 5.88.